The zero-order chi connectivity index (χ0) is 17.8. The lowest BCUT2D eigenvalue weighted by molar-refractivity contribution is -0.121. The molecule has 3 rings (SSSR count). The Morgan fingerprint density at radius 2 is 2.00 bits per heavy atom. The number of carbonyl (C=O) groups excluding carboxylic acids is 1. The van der Waals surface area contributed by atoms with E-state index < -0.39 is 0 Å². The van der Waals surface area contributed by atoms with Crippen molar-refractivity contribution in [2.24, 2.45) is 0 Å². The molecule has 8 heteroatoms. The van der Waals surface area contributed by atoms with E-state index in [4.69, 9.17) is 21.7 Å². The van der Waals surface area contributed by atoms with Crippen molar-refractivity contribution in [3.8, 4) is 11.5 Å². The Morgan fingerprint density at radius 3 is 2.76 bits per heavy atom. The van der Waals surface area contributed by atoms with Crippen molar-refractivity contribution in [3.63, 3.8) is 0 Å². The topological polar surface area (TPSA) is 96.2 Å². The molecule has 3 N–H and O–H groups in total. The Kier molecular flexibility index (Phi) is 5.18. The highest BCUT2D eigenvalue weighted by Crippen LogP contribution is 2.30. The SMILES string of the molecule is Cc1[nH]c(=S)[nH]c(=O)c1CCC(=O)NCc1ccc2c(c1)OCCO2. The minimum atomic E-state index is -0.249. The summed E-state index contributed by atoms with van der Waals surface area (Å²) >= 11 is 4.91. The number of carbonyl (C=O) groups is 1. The van der Waals surface area contributed by atoms with Gasteiger partial charge in [-0.25, -0.2) is 0 Å². The third-order valence-corrected chi connectivity index (χ3v) is 4.16. The third kappa shape index (κ3) is 4.27. The monoisotopic (exact) mass is 361 g/mol. The van der Waals surface area contributed by atoms with E-state index in [9.17, 15) is 9.59 Å². The molecule has 1 aromatic carbocycles. The molecular weight excluding hydrogens is 342 g/mol. The van der Waals surface area contributed by atoms with Crippen LogP contribution in [0.5, 0.6) is 11.5 Å². The van der Waals surface area contributed by atoms with Crippen molar-refractivity contribution >= 4 is 18.1 Å². The van der Waals surface area contributed by atoms with E-state index in [1.54, 1.807) is 6.92 Å². The summed E-state index contributed by atoms with van der Waals surface area (Å²) in [4.78, 5) is 29.4. The molecule has 0 saturated heterocycles. The van der Waals surface area contributed by atoms with Gasteiger partial charge in [0.05, 0.1) is 0 Å². The molecule has 0 unspecified atom stereocenters. The molecule has 1 aliphatic rings. The number of rotatable bonds is 5. The molecule has 1 amide bonds. The van der Waals surface area contributed by atoms with Gasteiger partial charge in [-0.15, -0.1) is 0 Å². The smallest absolute Gasteiger partial charge is 0.255 e. The van der Waals surface area contributed by atoms with Crippen molar-refractivity contribution < 1.29 is 14.3 Å². The average molecular weight is 361 g/mol. The molecule has 1 aliphatic heterocycles. The highest BCUT2D eigenvalue weighted by molar-refractivity contribution is 7.71. The van der Waals surface area contributed by atoms with Crippen molar-refractivity contribution in [2.75, 3.05) is 13.2 Å². The van der Waals surface area contributed by atoms with Crippen LogP contribution in [-0.2, 0) is 17.8 Å². The standard InChI is InChI=1S/C17H19N3O4S/c1-10-12(16(22)20-17(25)19-10)3-5-15(21)18-9-11-2-4-13-14(8-11)24-7-6-23-13/h2,4,8H,3,5-7,9H2,1H3,(H,18,21)(H2,19,20,22,25). The molecule has 0 spiro atoms. The first-order chi connectivity index (χ1) is 12.0. The molecule has 0 saturated carbocycles. The fraction of sp³-hybridized carbons (Fsp3) is 0.353. The summed E-state index contributed by atoms with van der Waals surface area (Å²) in [7, 11) is 0. The van der Waals surface area contributed by atoms with Crippen LogP contribution in [0.4, 0.5) is 0 Å². The van der Waals surface area contributed by atoms with Gasteiger partial charge < -0.3 is 19.8 Å². The highest BCUT2D eigenvalue weighted by Gasteiger charge is 2.12. The second-order valence-electron chi connectivity index (χ2n) is 5.77. The van der Waals surface area contributed by atoms with Crippen LogP contribution >= 0.6 is 12.2 Å². The molecule has 0 fully saturated rings. The van der Waals surface area contributed by atoms with Gasteiger partial charge in [-0.3, -0.25) is 14.6 Å². The Labute approximate surface area is 149 Å². The Balaban J connectivity index is 1.55. The van der Waals surface area contributed by atoms with E-state index in [1.165, 1.54) is 0 Å². The second-order valence-corrected chi connectivity index (χ2v) is 6.17. The predicted molar refractivity (Wildman–Crippen MR) is 94.6 cm³/mol. The molecule has 0 aliphatic carbocycles. The van der Waals surface area contributed by atoms with Gasteiger partial charge in [-0.1, -0.05) is 6.07 Å². The van der Waals surface area contributed by atoms with Crippen LogP contribution < -0.4 is 20.3 Å². The van der Waals surface area contributed by atoms with Crippen molar-refractivity contribution in [1.82, 2.24) is 15.3 Å². The first-order valence-electron chi connectivity index (χ1n) is 8.00. The van der Waals surface area contributed by atoms with Crippen LogP contribution in [-0.4, -0.2) is 29.1 Å². The third-order valence-electron chi connectivity index (χ3n) is 3.95. The van der Waals surface area contributed by atoms with Crippen molar-refractivity contribution in [1.29, 1.82) is 0 Å². The first-order valence-corrected chi connectivity index (χ1v) is 8.41. The number of nitrogens with one attached hydrogen (secondary N) is 3. The molecule has 0 atom stereocenters. The van der Waals surface area contributed by atoms with Crippen molar-refractivity contribution in [3.05, 3.63) is 50.1 Å². The molecule has 2 aromatic rings. The predicted octanol–water partition coefficient (Wildman–Crippen LogP) is 1.76. The van der Waals surface area contributed by atoms with E-state index in [-0.39, 0.29) is 22.7 Å². The van der Waals surface area contributed by atoms with E-state index in [0.29, 0.717) is 43.2 Å². The minimum Gasteiger partial charge on any atom is -0.486 e. The van der Waals surface area contributed by atoms with E-state index >= 15 is 0 Å². The number of aryl methyl sites for hydroxylation is 1. The average Bonchev–Trinajstić information content (AvgIpc) is 2.59. The van der Waals surface area contributed by atoms with Gasteiger partial charge in [0.1, 0.15) is 13.2 Å². The van der Waals surface area contributed by atoms with Crippen LogP contribution in [0.3, 0.4) is 0 Å². The van der Waals surface area contributed by atoms with Gasteiger partial charge in [-0.2, -0.15) is 0 Å². The Hall–Kier alpha value is -2.61. The number of ether oxygens (including phenoxy) is 2. The normalized spacial score (nSPS) is 12.7. The molecular formula is C17H19N3O4S. The first kappa shape index (κ1) is 17.2. The van der Waals surface area contributed by atoms with E-state index in [1.807, 2.05) is 18.2 Å². The maximum atomic E-state index is 12.1. The quantitative estimate of drug-likeness (QED) is 0.705. The molecule has 0 bridgehead atoms. The number of hydrogen-bond donors (Lipinski definition) is 3. The summed E-state index contributed by atoms with van der Waals surface area (Å²) in [6, 6.07) is 5.59. The van der Waals surface area contributed by atoms with Crippen LogP contribution in [0.2, 0.25) is 0 Å². The van der Waals surface area contributed by atoms with Crippen LogP contribution in [0, 0.1) is 11.7 Å². The lowest BCUT2D eigenvalue weighted by Crippen LogP contribution is -2.25. The van der Waals surface area contributed by atoms with Crippen molar-refractivity contribution in [2.45, 2.75) is 26.3 Å². The number of H-pyrrole nitrogens is 2. The molecule has 7 nitrogen and oxygen atoms in total. The summed E-state index contributed by atoms with van der Waals surface area (Å²) in [6.07, 6.45) is 0.569. The van der Waals surface area contributed by atoms with Crippen LogP contribution in [0.1, 0.15) is 23.2 Å². The zero-order valence-corrected chi connectivity index (χ0v) is 14.6. The molecule has 0 radical (unpaired) electrons. The number of amides is 1. The second kappa shape index (κ2) is 7.52. The Morgan fingerprint density at radius 1 is 1.24 bits per heavy atom. The molecule has 2 heterocycles. The fourth-order valence-corrected chi connectivity index (χ4v) is 2.90. The van der Waals surface area contributed by atoms with Gasteiger partial charge in [0.15, 0.2) is 16.3 Å². The minimum absolute atomic E-state index is 0.129. The summed E-state index contributed by atoms with van der Waals surface area (Å²) in [5.74, 6) is 1.29. The van der Waals surface area contributed by atoms with E-state index in [0.717, 1.165) is 11.3 Å². The number of benzene rings is 1. The number of aromatic amines is 2. The number of aromatic nitrogens is 2. The summed E-state index contributed by atoms with van der Waals surface area (Å²) in [5.41, 5.74) is 1.91. The molecule has 25 heavy (non-hydrogen) atoms. The molecule has 1 aromatic heterocycles. The van der Waals surface area contributed by atoms with Crippen LogP contribution in [0.15, 0.2) is 23.0 Å². The molecule has 132 valence electrons. The maximum Gasteiger partial charge on any atom is 0.255 e. The van der Waals surface area contributed by atoms with Gasteiger partial charge in [-0.05, 0) is 43.3 Å². The zero-order valence-electron chi connectivity index (χ0n) is 13.8. The van der Waals surface area contributed by atoms with E-state index in [2.05, 4.69) is 15.3 Å². The lowest BCUT2D eigenvalue weighted by atomic mass is 10.1. The van der Waals surface area contributed by atoms with Gasteiger partial charge >= 0.3 is 0 Å². The largest absolute Gasteiger partial charge is 0.486 e. The van der Waals surface area contributed by atoms with Gasteiger partial charge in [0, 0.05) is 24.2 Å². The summed E-state index contributed by atoms with van der Waals surface area (Å²) < 4.78 is 11.3. The maximum absolute atomic E-state index is 12.1. The Bertz CT molecular complexity index is 903. The fourth-order valence-electron chi connectivity index (χ4n) is 2.65. The summed E-state index contributed by atoms with van der Waals surface area (Å²) in [5, 5.41) is 2.85. The number of fused-ring (bicyclic) bond motifs is 1. The number of hydrogen-bond acceptors (Lipinski definition) is 5. The lowest BCUT2D eigenvalue weighted by Gasteiger charge is -2.19. The van der Waals surface area contributed by atoms with Gasteiger partial charge in [0.25, 0.3) is 5.56 Å². The van der Waals surface area contributed by atoms with Gasteiger partial charge in [0.2, 0.25) is 5.91 Å². The summed E-state index contributed by atoms with van der Waals surface area (Å²) in [6.45, 7) is 3.23. The highest BCUT2D eigenvalue weighted by atomic mass is 32.1. The van der Waals surface area contributed by atoms with Crippen LogP contribution in [0.25, 0.3) is 0 Å².